The topological polar surface area (TPSA) is 29.3 Å². The summed E-state index contributed by atoms with van der Waals surface area (Å²) in [6.45, 7) is 3.29. The van der Waals surface area contributed by atoms with Crippen LogP contribution in [0.15, 0.2) is 23.8 Å². The van der Waals surface area contributed by atoms with E-state index in [4.69, 9.17) is 5.73 Å². The average molecular weight is 216 g/mol. The van der Waals surface area contributed by atoms with Crippen LogP contribution < -0.4 is 5.73 Å². The van der Waals surface area contributed by atoms with Gasteiger partial charge in [0.25, 0.3) is 0 Å². The van der Waals surface area contributed by atoms with Crippen molar-refractivity contribution in [2.45, 2.75) is 19.8 Å². The summed E-state index contributed by atoms with van der Waals surface area (Å²) in [5, 5.41) is 0. The Kier molecular flexibility index (Phi) is 3.01. The summed E-state index contributed by atoms with van der Waals surface area (Å²) in [7, 11) is 4.25. The molecule has 0 amide bonds. The standard InChI is InChI=1S/C14H20N2/c1-10-12(9-16(2)3)5-4-11-8-13(15)6-7-14(10)11/h6-8H,4-5,9,15H2,1-3H3. The van der Waals surface area contributed by atoms with Crippen molar-refractivity contribution in [3.63, 3.8) is 0 Å². The van der Waals surface area contributed by atoms with Gasteiger partial charge in [0.2, 0.25) is 0 Å². The highest BCUT2D eigenvalue weighted by atomic mass is 15.0. The molecule has 1 aliphatic carbocycles. The number of nitrogen functional groups attached to an aromatic ring is 1. The lowest BCUT2D eigenvalue weighted by molar-refractivity contribution is 0.439. The lowest BCUT2D eigenvalue weighted by Crippen LogP contribution is -2.18. The number of likely N-dealkylation sites (N-methyl/N-ethyl adjacent to an activating group) is 1. The van der Waals surface area contributed by atoms with Gasteiger partial charge in [-0.1, -0.05) is 11.6 Å². The summed E-state index contributed by atoms with van der Waals surface area (Å²) in [6, 6.07) is 6.28. The Morgan fingerprint density at radius 3 is 2.69 bits per heavy atom. The van der Waals surface area contributed by atoms with Crippen molar-refractivity contribution in [1.29, 1.82) is 0 Å². The monoisotopic (exact) mass is 216 g/mol. The fraction of sp³-hybridized carbons (Fsp3) is 0.429. The highest BCUT2D eigenvalue weighted by molar-refractivity contribution is 5.73. The largest absolute Gasteiger partial charge is 0.399 e. The molecule has 2 nitrogen and oxygen atoms in total. The second kappa shape index (κ2) is 4.30. The number of hydrogen-bond acceptors (Lipinski definition) is 2. The van der Waals surface area contributed by atoms with E-state index in [-0.39, 0.29) is 0 Å². The number of anilines is 1. The third-order valence-corrected chi connectivity index (χ3v) is 3.27. The van der Waals surface area contributed by atoms with Gasteiger partial charge in [-0.25, -0.2) is 0 Å². The maximum Gasteiger partial charge on any atom is 0.0317 e. The van der Waals surface area contributed by atoms with Crippen LogP contribution in [0.2, 0.25) is 0 Å². The minimum Gasteiger partial charge on any atom is -0.399 e. The maximum absolute atomic E-state index is 5.82. The van der Waals surface area contributed by atoms with Crippen LogP contribution in [-0.2, 0) is 6.42 Å². The molecule has 0 spiro atoms. The number of rotatable bonds is 2. The molecule has 0 saturated heterocycles. The molecular weight excluding hydrogens is 196 g/mol. The van der Waals surface area contributed by atoms with Crippen LogP contribution in [0.4, 0.5) is 5.69 Å². The van der Waals surface area contributed by atoms with Gasteiger partial charge in [-0.2, -0.15) is 0 Å². The molecule has 0 unspecified atom stereocenters. The van der Waals surface area contributed by atoms with Crippen LogP contribution in [-0.4, -0.2) is 25.5 Å². The molecule has 0 atom stereocenters. The maximum atomic E-state index is 5.82. The Bertz CT molecular complexity index is 430. The van der Waals surface area contributed by atoms with Crippen LogP contribution in [0.1, 0.15) is 24.5 Å². The first kappa shape index (κ1) is 11.2. The molecule has 86 valence electrons. The average Bonchev–Trinajstić information content (AvgIpc) is 2.22. The SMILES string of the molecule is CC1=C(CN(C)C)CCc2cc(N)ccc21. The molecule has 0 heterocycles. The normalized spacial score (nSPS) is 15.5. The molecule has 0 aliphatic heterocycles. The molecule has 0 radical (unpaired) electrons. The van der Waals surface area contributed by atoms with Crippen molar-refractivity contribution in [2.75, 3.05) is 26.4 Å². The van der Waals surface area contributed by atoms with E-state index in [2.05, 4.69) is 38.1 Å². The fourth-order valence-electron chi connectivity index (χ4n) is 2.43. The number of allylic oxidation sites excluding steroid dienone is 1. The molecule has 2 N–H and O–H groups in total. The molecule has 1 aliphatic rings. The van der Waals surface area contributed by atoms with E-state index in [0.717, 1.165) is 18.7 Å². The first-order valence-electron chi connectivity index (χ1n) is 5.80. The molecule has 2 heteroatoms. The number of fused-ring (bicyclic) bond motifs is 1. The van der Waals surface area contributed by atoms with Crippen LogP contribution >= 0.6 is 0 Å². The predicted octanol–water partition coefficient (Wildman–Crippen LogP) is 2.55. The predicted molar refractivity (Wildman–Crippen MR) is 70.3 cm³/mol. The molecular formula is C14H20N2. The molecule has 1 aromatic carbocycles. The molecule has 2 rings (SSSR count). The summed E-state index contributed by atoms with van der Waals surface area (Å²) < 4.78 is 0. The molecule has 16 heavy (non-hydrogen) atoms. The quantitative estimate of drug-likeness (QED) is 0.770. The Labute approximate surface area is 97.8 Å². The summed E-state index contributed by atoms with van der Waals surface area (Å²) in [5.41, 5.74) is 12.5. The van der Waals surface area contributed by atoms with E-state index in [1.54, 1.807) is 5.57 Å². The number of hydrogen-bond donors (Lipinski definition) is 1. The fourth-order valence-corrected chi connectivity index (χ4v) is 2.43. The Morgan fingerprint density at radius 2 is 2.00 bits per heavy atom. The van der Waals surface area contributed by atoms with Crippen molar-refractivity contribution in [3.8, 4) is 0 Å². The molecule has 0 bridgehead atoms. The van der Waals surface area contributed by atoms with E-state index in [0.29, 0.717) is 0 Å². The van der Waals surface area contributed by atoms with E-state index in [1.807, 2.05) is 6.07 Å². The number of aryl methyl sites for hydroxylation is 1. The van der Waals surface area contributed by atoms with Gasteiger partial charge in [-0.3, -0.25) is 0 Å². The second-order valence-electron chi connectivity index (χ2n) is 4.88. The Hall–Kier alpha value is -1.28. The number of nitrogens with two attached hydrogens (primary N) is 1. The van der Waals surface area contributed by atoms with Crippen LogP contribution in [0.25, 0.3) is 5.57 Å². The third-order valence-electron chi connectivity index (χ3n) is 3.27. The summed E-state index contributed by atoms with van der Waals surface area (Å²) in [5.74, 6) is 0. The summed E-state index contributed by atoms with van der Waals surface area (Å²) in [6.07, 6.45) is 2.29. The van der Waals surface area contributed by atoms with Crippen LogP contribution in [0, 0.1) is 0 Å². The minimum atomic E-state index is 0.877. The first-order chi connectivity index (χ1) is 7.58. The third kappa shape index (κ3) is 2.12. The van der Waals surface area contributed by atoms with Crippen molar-refractivity contribution in [1.82, 2.24) is 4.90 Å². The zero-order chi connectivity index (χ0) is 11.7. The second-order valence-corrected chi connectivity index (χ2v) is 4.88. The lowest BCUT2D eigenvalue weighted by atomic mass is 9.86. The molecule has 0 saturated carbocycles. The van der Waals surface area contributed by atoms with Gasteiger partial charge >= 0.3 is 0 Å². The van der Waals surface area contributed by atoms with Gasteiger partial charge < -0.3 is 10.6 Å². The van der Waals surface area contributed by atoms with Crippen LogP contribution in [0.3, 0.4) is 0 Å². The zero-order valence-corrected chi connectivity index (χ0v) is 10.4. The summed E-state index contributed by atoms with van der Waals surface area (Å²) in [4.78, 5) is 2.24. The summed E-state index contributed by atoms with van der Waals surface area (Å²) >= 11 is 0. The molecule has 0 aromatic heterocycles. The smallest absolute Gasteiger partial charge is 0.0317 e. The van der Waals surface area contributed by atoms with Gasteiger partial charge in [0, 0.05) is 12.2 Å². The minimum absolute atomic E-state index is 0.877. The van der Waals surface area contributed by atoms with E-state index >= 15 is 0 Å². The highest BCUT2D eigenvalue weighted by Crippen LogP contribution is 2.32. The van der Waals surface area contributed by atoms with Crippen molar-refractivity contribution >= 4 is 11.3 Å². The van der Waals surface area contributed by atoms with Gasteiger partial charge in [0.1, 0.15) is 0 Å². The number of nitrogens with zero attached hydrogens (tertiary/aromatic N) is 1. The number of benzene rings is 1. The van der Waals surface area contributed by atoms with Crippen molar-refractivity contribution in [3.05, 3.63) is 34.9 Å². The van der Waals surface area contributed by atoms with Gasteiger partial charge in [-0.05, 0) is 62.7 Å². The van der Waals surface area contributed by atoms with Gasteiger partial charge in [-0.15, -0.1) is 0 Å². The van der Waals surface area contributed by atoms with Crippen molar-refractivity contribution in [2.24, 2.45) is 0 Å². The van der Waals surface area contributed by atoms with E-state index < -0.39 is 0 Å². The first-order valence-corrected chi connectivity index (χ1v) is 5.80. The van der Waals surface area contributed by atoms with Gasteiger partial charge in [0.15, 0.2) is 0 Å². The molecule has 1 aromatic rings. The Balaban J connectivity index is 2.38. The molecule has 0 fully saturated rings. The Morgan fingerprint density at radius 1 is 1.25 bits per heavy atom. The van der Waals surface area contributed by atoms with E-state index in [9.17, 15) is 0 Å². The van der Waals surface area contributed by atoms with Crippen LogP contribution in [0.5, 0.6) is 0 Å². The highest BCUT2D eigenvalue weighted by Gasteiger charge is 2.16. The van der Waals surface area contributed by atoms with Crippen molar-refractivity contribution < 1.29 is 0 Å². The van der Waals surface area contributed by atoms with Gasteiger partial charge in [0.05, 0.1) is 0 Å². The van der Waals surface area contributed by atoms with E-state index in [1.165, 1.54) is 23.1 Å². The lowest BCUT2D eigenvalue weighted by Gasteiger charge is -2.24. The zero-order valence-electron chi connectivity index (χ0n) is 10.4.